The van der Waals surface area contributed by atoms with E-state index in [9.17, 15) is 0 Å². The summed E-state index contributed by atoms with van der Waals surface area (Å²) >= 11 is 6.17. The summed E-state index contributed by atoms with van der Waals surface area (Å²) < 4.78 is 5.40. The molecule has 2 saturated carbocycles. The molecule has 3 heteroatoms. The zero-order valence-electron chi connectivity index (χ0n) is 13.1. The van der Waals surface area contributed by atoms with Crippen molar-refractivity contribution < 1.29 is 4.74 Å². The van der Waals surface area contributed by atoms with Crippen LogP contribution in [0.15, 0.2) is 18.2 Å². The molecule has 0 radical (unpaired) electrons. The topological polar surface area (TPSA) is 21.3 Å². The Hall–Kier alpha value is -0.730. The van der Waals surface area contributed by atoms with Gasteiger partial charge in [0.05, 0.1) is 12.1 Å². The Morgan fingerprint density at radius 2 is 2.05 bits per heavy atom. The largest absolute Gasteiger partial charge is 0.495 e. The quantitative estimate of drug-likeness (QED) is 0.857. The predicted molar refractivity (Wildman–Crippen MR) is 88.3 cm³/mol. The van der Waals surface area contributed by atoms with Gasteiger partial charge in [0.15, 0.2) is 0 Å². The molecule has 21 heavy (non-hydrogen) atoms. The molecule has 3 atom stereocenters. The Labute approximate surface area is 133 Å². The van der Waals surface area contributed by atoms with Crippen molar-refractivity contribution in [3.63, 3.8) is 0 Å². The smallest absolute Gasteiger partial charge is 0.137 e. The van der Waals surface area contributed by atoms with E-state index in [0.29, 0.717) is 10.9 Å². The van der Waals surface area contributed by atoms with Gasteiger partial charge in [-0.2, -0.15) is 0 Å². The molecule has 1 aromatic rings. The van der Waals surface area contributed by atoms with Gasteiger partial charge in [0.25, 0.3) is 0 Å². The Balaban J connectivity index is 1.76. The molecule has 1 N–H and O–H groups in total. The molecule has 2 nitrogen and oxygen atoms in total. The fraction of sp³-hybridized carbons (Fsp3) is 0.667. The summed E-state index contributed by atoms with van der Waals surface area (Å²) in [5.74, 6) is 2.99. The van der Waals surface area contributed by atoms with Gasteiger partial charge in [-0.3, -0.25) is 0 Å². The number of hydrogen-bond acceptors (Lipinski definition) is 2. The number of hydrogen-bond donors (Lipinski definition) is 1. The summed E-state index contributed by atoms with van der Waals surface area (Å²) in [6, 6.07) is 7.12. The van der Waals surface area contributed by atoms with Gasteiger partial charge in [0.2, 0.25) is 0 Å². The van der Waals surface area contributed by atoms with Crippen LogP contribution in [0.1, 0.15) is 50.5 Å². The van der Waals surface area contributed by atoms with Crippen LogP contribution in [0.3, 0.4) is 0 Å². The zero-order chi connectivity index (χ0) is 14.8. The first-order valence-corrected chi connectivity index (χ1v) is 8.62. The van der Waals surface area contributed by atoms with Crippen molar-refractivity contribution in [2.24, 2.45) is 11.8 Å². The van der Waals surface area contributed by atoms with E-state index < -0.39 is 0 Å². The Bertz CT molecular complexity index is 486. The Morgan fingerprint density at radius 3 is 2.76 bits per heavy atom. The minimum atomic E-state index is 0.631. The lowest BCUT2D eigenvalue weighted by Gasteiger charge is -2.35. The molecule has 0 amide bonds. The van der Waals surface area contributed by atoms with E-state index >= 15 is 0 Å². The number of halogens is 1. The molecule has 0 aliphatic heterocycles. The molecule has 0 spiro atoms. The maximum atomic E-state index is 6.17. The summed E-state index contributed by atoms with van der Waals surface area (Å²) in [5, 5.41) is 4.43. The van der Waals surface area contributed by atoms with E-state index in [2.05, 4.69) is 24.4 Å². The highest BCUT2D eigenvalue weighted by Crippen LogP contribution is 2.42. The van der Waals surface area contributed by atoms with E-state index in [1.807, 2.05) is 6.07 Å². The zero-order valence-corrected chi connectivity index (χ0v) is 13.8. The maximum Gasteiger partial charge on any atom is 0.137 e. The van der Waals surface area contributed by atoms with Crippen molar-refractivity contribution in [1.29, 1.82) is 0 Å². The Kier molecular flexibility index (Phi) is 4.75. The van der Waals surface area contributed by atoms with Gasteiger partial charge in [-0.05, 0) is 67.7 Å². The van der Waals surface area contributed by atoms with Crippen LogP contribution in [0.5, 0.6) is 5.75 Å². The summed E-state index contributed by atoms with van der Waals surface area (Å²) in [7, 11) is 1.70. The lowest BCUT2D eigenvalue weighted by atomic mass is 9.71. The van der Waals surface area contributed by atoms with Crippen LogP contribution < -0.4 is 10.1 Å². The van der Waals surface area contributed by atoms with Crippen molar-refractivity contribution in [3.8, 4) is 5.75 Å². The molecule has 2 aliphatic rings. The normalized spacial score (nSPS) is 29.4. The van der Waals surface area contributed by atoms with Gasteiger partial charge >= 0.3 is 0 Å². The van der Waals surface area contributed by atoms with Crippen LogP contribution in [-0.4, -0.2) is 19.7 Å². The van der Waals surface area contributed by atoms with Crippen molar-refractivity contribution in [2.75, 3.05) is 13.7 Å². The molecular weight excluding hydrogens is 282 g/mol. The predicted octanol–water partition coefficient (Wildman–Crippen LogP) is 4.62. The van der Waals surface area contributed by atoms with Crippen LogP contribution in [0.2, 0.25) is 5.02 Å². The summed E-state index contributed by atoms with van der Waals surface area (Å²) in [5.41, 5.74) is 1.39. The molecule has 0 heterocycles. The minimum Gasteiger partial charge on any atom is -0.495 e. The number of benzene rings is 1. The Morgan fingerprint density at radius 1 is 1.24 bits per heavy atom. The van der Waals surface area contributed by atoms with Gasteiger partial charge in [-0.1, -0.05) is 31.0 Å². The summed E-state index contributed by atoms with van der Waals surface area (Å²) in [4.78, 5) is 0. The second kappa shape index (κ2) is 6.58. The van der Waals surface area contributed by atoms with E-state index in [1.165, 1.54) is 37.7 Å². The first-order valence-electron chi connectivity index (χ1n) is 8.24. The molecule has 2 aliphatic carbocycles. The van der Waals surface area contributed by atoms with E-state index in [4.69, 9.17) is 16.3 Å². The second-order valence-electron chi connectivity index (χ2n) is 6.86. The second-order valence-corrected chi connectivity index (χ2v) is 7.27. The number of methoxy groups -OCH3 is 1. The monoisotopic (exact) mass is 307 g/mol. The third kappa shape index (κ3) is 3.73. The molecule has 0 aromatic heterocycles. The molecule has 2 fully saturated rings. The van der Waals surface area contributed by atoms with Crippen molar-refractivity contribution in [2.45, 2.75) is 51.0 Å². The van der Waals surface area contributed by atoms with Gasteiger partial charge in [0, 0.05) is 6.04 Å². The van der Waals surface area contributed by atoms with Crippen LogP contribution >= 0.6 is 11.6 Å². The average molecular weight is 308 g/mol. The van der Waals surface area contributed by atoms with Crippen LogP contribution in [0.25, 0.3) is 0 Å². The third-order valence-electron chi connectivity index (χ3n) is 5.10. The molecule has 1 aromatic carbocycles. The molecular formula is C18H26ClNO. The summed E-state index contributed by atoms with van der Waals surface area (Å²) in [6.45, 7) is 3.54. The number of nitrogens with one attached hydrogen (secondary N) is 1. The van der Waals surface area contributed by atoms with Crippen LogP contribution in [0, 0.1) is 11.8 Å². The van der Waals surface area contributed by atoms with E-state index in [0.717, 1.165) is 30.2 Å². The first-order chi connectivity index (χ1) is 10.2. The van der Waals surface area contributed by atoms with E-state index in [-0.39, 0.29) is 0 Å². The average Bonchev–Trinajstić information content (AvgIpc) is 3.31. The van der Waals surface area contributed by atoms with Crippen molar-refractivity contribution in [3.05, 3.63) is 28.8 Å². The highest BCUT2D eigenvalue weighted by atomic mass is 35.5. The van der Waals surface area contributed by atoms with Crippen LogP contribution in [-0.2, 0) is 0 Å². The molecule has 0 bridgehead atoms. The SMILES string of the molecule is COc1cc(C2CC(C)CCC2CNC2CC2)ccc1Cl. The molecule has 3 rings (SSSR count). The van der Waals surface area contributed by atoms with E-state index in [1.54, 1.807) is 7.11 Å². The maximum absolute atomic E-state index is 6.17. The molecule has 3 unspecified atom stereocenters. The van der Waals surface area contributed by atoms with Gasteiger partial charge < -0.3 is 10.1 Å². The highest BCUT2D eigenvalue weighted by Gasteiger charge is 2.31. The lowest BCUT2D eigenvalue weighted by Crippen LogP contribution is -2.32. The van der Waals surface area contributed by atoms with Crippen molar-refractivity contribution >= 4 is 11.6 Å². The third-order valence-corrected chi connectivity index (χ3v) is 5.42. The van der Waals surface area contributed by atoms with Gasteiger partial charge in [-0.25, -0.2) is 0 Å². The van der Waals surface area contributed by atoms with Crippen LogP contribution in [0.4, 0.5) is 0 Å². The van der Waals surface area contributed by atoms with Gasteiger partial charge in [-0.15, -0.1) is 0 Å². The standard InChI is InChI=1S/C18H26ClNO/c1-12-3-4-14(11-20-15-6-7-15)16(9-12)13-5-8-17(19)18(10-13)21-2/h5,8,10,12,14-16,20H,3-4,6-7,9,11H2,1-2H3. The first kappa shape index (κ1) is 15.2. The van der Waals surface area contributed by atoms with Crippen molar-refractivity contribution in [1.82, 2.24) is 5.32 Å². The summed E-state index contributed by atoms with van der Waals surface area (Å²) in [6.07, 6.45) is 6.70. The van der Waals surface area contributed by atoms with Gasteiger partial charge in [0.1, 0.15) is 5.75 Å². The molecule has 116 valence electrons. The lowest BCUT2D eigenvalue weighted by molar-refractivity contribution is 0.241. The fourth-order valence-corrected chi connectivity index (χ4v) is 3.80. The fourth-order valence-electron chi connectivity index (χ4n) is 3.61. The minimum absolute atomic E-state index is 0.631. The highest BCUT2D eigenvalue weighted by molar-refractivity contribution is 6.32. The number of ether oxygens (including phenoxy) is 1. The molecule has 0 saturated heterocycles. The number of rotatable bonds is 5.